The summed E-state index contributed by atoms with van der Waals surface area (Å²) >= 11 is 0. The molecule has 0 aromatic carbocycles. The van der Waals surface area contributed by atoms with Crippen molar-refractivity contribution in [3.05, 3.63) is 0 Å². The predicted molar refractivity (Wildman–Crippen MR) is 62.6 cm³/mol. The molecule has 0 aromatic heterocycles. The third-order valence-electron chi connectivity index (χ3n) is 3.68. The summed E-state index contributed by atoms with van der Waals surface area (Å²) in [5, 5.41) is -2.78. The van der Waals surface area contributed by atoms with E-state index in [1.165, 1.54) is 0 Å². The number of fused-ring (bicyclic) bond motifs is 1. The number of ketones is 1. The van der Waals surface area contributed by atoms with Gasteiger partial charge in [-0.05, 0) is 36.4 Å². The van der Waals surface area contributed by atoms with Crippen LogP contribution in [0, 0.1) is 5.92 Å². The Morgan fingerprint density at radius 3 is 2.53 bits per heavy atom. The van der Waals surface area contributed by atoms with E-state index in [0.29, 0.717) is 6.42 Å². The van der Waals surface area contributed by atoms with E-state index in [4.69, 9.17) is 31.4 Å². The van der Waals surface area contributed by atoms with E-state index in [9.17, 15) is 4.79 Å². The van der Waals surface area contributed by atoms with Gasteiger partial charge in [0.2, 0.25) is 0 Å². The fourth-order valence-electron chi connectivity index (χ4n) is 3.06. The highest BCUT2D eigenvalue weighted by Crippen LogP contribution is 2.52. The second-order valence-corrected chi connectivity index (χ2v) is 4.98. The van der Waals surface area contributed by atoms with Gasteiger partial charge in [0.25, 0.3) is 0 Å². The van der Waals surface area contributed by atoms with Gasteiger partial charge in [0.05, 0.1) is 31.4 Å². The standard InChI is InChI=1S/C9H11B4NO/c1-14-3-2-5-4-8(10,11)7(15)9(12,13)6(5)14/h5-6H,2-4H2,1H3. The number of carbonyl (C=O) groups excluding carboxylic acids is 1. The van der Waals surface area contributed by atoms with Crippen LogP contribution in [0.3, 0.4) is 0 Å². The zero-order valence-electron chi connectivity index (χ0n) is 8.94. The number of rotatable bonds is 0. The second-order valence-electron chi connectivity index (χ2n) is 4.98. The normalized spacial score (nSPS) is 38.9. The molecule has 0 amide bonds. The summed E-state index contributed by atoms with van der Waals surface area (Å²) < 4.78 is 0. The van der Waals surface area contributed by atoms with Gasteiger partial charge in [-0.3, -0.25) is 0 Å². The lowest BCUT2D eigenvalue weighted by Gasteiger charge is -2.50. The summed E-state index contributed by atoms with van der Waals surface area (Å²) in [6.07, 6.45) is 1.41. The second kappa shape index (κ2) is 3.19. The van der Waals surface area contributed by atoms with Crippen LogP contribution in [0.15, 0.2) is 0 Å². The molecule has 0 bridgehead atoms. The number of hydrogen-bond acceptors (Lipinski definition) is 2. The van der Waals surface area contributed by atoms with Crippen LogP contribution in [0.2, 0.25) is 10.4 Å². The minimum atomic E-state index is -1.42. The third-order valence-corrected chi connectivity index (χ3v) is 3.68. The first kappa shape index (κ1) is 11.4. The van der Waals surface area contributed by atoms with Gasteiger partial charge in [0.1, 0.15) is 5.78 Å². The summed E-state index contributed by atoms with van der Waals surface area (Å²) in [4.78, 5) is 14.0. The van der Waals surface area contributed by atoms with Crippen molar-refractivity contribution in [2.24, 2.45) is 5.92 Å². The number of Topliss-reactive ketones (excluding diaryl/α,β-unsaturated/α-hetero) is 1. The molecule has 0 spiro atoms. The average molecular weight is 192 g/mol. The Balaban J connectivity index is 2.38. The molecule has 0 aromatic rings. The quantitative estimate of drug-likeness (QED) is 0.468. The van der Waals surface area contributed by atoms with Crippen molar-refractivity contribution in [1.82, 2.24) is 4.90 Å². The van der Waals surface area contributed by atoms with E-state index in [1.54, 1.807) is 0 Å². The van der Waals surface area contributed by atoms with Crippen LogP contribution in [0.1, 0.15) is 12.8 Å². The van der Waals surface area contributed by atoms with Gasteiger partial charge >= 0.3 is 0 Å². The van der Waals surface area contributed by atoms with Crippen molar-refractivity contribution < 1.29 is 4.79 Å². The van der Waals surface area contributed by atoms with E-state index in [1.807, 2.05) is 11.9 Å². The molecule has 2 fully saturated rings. The van der Waals surface area contributed by atoms with E-state index in [-0.39, 0.29) is 12.0 Å². The van der Waals surface area contributed by atoms with Crippen molar-refractivity contribution in [3.63, 3.8) is 0 Å². The fourth-order valence-corrected chi connectivity index (χ4v) is 3.06. The van der Waals surface area contributed by atoms with E-state index in [0.717, 1.165) is 13.0 Å². The van der Waals surface area contributed by atoms with Gasteiger partial charge in [-0.2, -0.15) is 0 Å². The van der Waals surface area contributed by atoms with Crippen LogP contribution in [0.4, 0.5) is 0 Å². The van der Waals surface area contributed by atoms with Crippen LogP contribution >= 0.6 is 0 Å². The molecular weight excluding hydrogens is 181 g/mol. The number of nitrogens with zero attached hydrogens (tertiary/aromatic N) is 1. The predicted octanol–water partition coefficient (Wildman–Crippen LogP) is -0.814. The summed E-state index contributed by atoms with van der Waals surface area (Å²) in [7, 11) is 25.2. The minimum absolute atomic E-state index is 0.134. The molecule has 2 unspecified atom stereocenters. The van der Waals surface area contributed by atoms with Crippen molar-refractivity contribution in [1.29, 1.82) is 0 Å². The van der Waals surface area contributed by atoms with E-state index >= 15 is 0 Å². The van der Waals surface area contributed by atoms with Gasteiger partial charge in [0.15, 0.2) is 0 Å². The average Bonchev–Trinajstić information content (AvgIpc) is 2.44. The topological polar surface area (TPSA) is 20.3 Å². The molecule has 15 heavy (non-hydrogen) atoms. The highest BCUT2D eigenvalue weighted by atomic mass is 16.1. The van der Waals surface area contributed by atoms with Gasteiger partial charge < -0.3 is 9.69 Å². The molecule has 6 heteroatoms. The number of carbonyl (C=O) groups is 1. The summed E-state index contributed by atoms with van der Waals surface area (Å²) in [6.45, 7) is 0.884. The third kappa shape index (κ3) is 1.52. The highest BCUT2D eigenvalue weighted by molar-refractivity contribution is 6.62. The Bertz CT molecular complexity index is 304. The molecule has 1 saturated carbocycles. The van der Waals surface area contributed by atoms with Gasteiger partial charge in [-0.15, -0.1) is 0 Å². The van der Waals surface area contributed by atoms with Crippen molar-refractivity contribution in [3.8, 4) is 0 Å². The highest BCUT2D eigenvalue weighted by Gasteiger charge is 2.54. The maximum absolute atomic E-state index is 11.9. The van der Waals surface area contributed by atoms with Crippen LogP contribution in [-0.2, 0) is 4.79 Å². The lowest BCUT2D eigenvalue weighted by atomic mass is 9.32. The van der Waals surface area contributed by atoms with Crippen molar-refractivity contribution >= 4 is 37.2 Å². The molecule has 70 valence electrons. The van der Waals surface area contributed by atoms with E-state index < -0.39 is 16.2 Å². The Morgan fingerprint density at radius 2 is 1.93 bits per heavy atom. The molecule has 1 saturated heterocycles. The molecule has 2 nitrogen and oxygen atoms in total. The molecule has 1 heterocycles. The molecule has 1 aliphatic heterocycles. The molecule has 1 aliphatic carbocycles. The zero-order chi connectivity index (χ0) is 11.4. The molecule has 2 aliphatic rings. The summed E-state index contributed by atoms with van der Waals surface area (Å²) in [6, 6.07) is -0.134. The fraction of sp³-hybridized carbons (Fsp3) is 0.889. The smallest absolute Gasteiger partial charge is 0.112 e. The minimum Gasteiger partial charge on any atom is -0.304 e. The van der Waals surface area contributed by atoms with Crippen molar-refractivity contribution in [2.45, 2.75) is 29.3 Å². The van der Waals surface area contributed by atoms with Crippen LogP contribution < -0.4 is 0 Å². The maximum Gasteiger partial charge on any atom is 0.112 e. The largest absolute Gasteiger partial charge is 0.304 e. The van der Waals surface area contributed by atoms with Crippen LogP contribution in [0.5, 0.6) is 0 Å². The number of hydrogen-bond donors (Lipinski definition) is 0. The molecular formula is C9H11B4NO. The van der Waals surface area contributed by atoms with Crippen LogP contribution in [-0.4, -0.2) is 61.7 Å². The SMILES string of the molecule is [B]C1([B])CC2CCN(C)C2C([B])([B])C1=O. The Kier molecular flexibility index (Phi) is 2.42. The molecule has 2 atom stereocenters. The van der Waals surface area contributed by atoms with Gasteiger partial charge in [0, 0.05) is 6.04 Å². The lowest BCUT2D eigenvalue weighted by molar-refractivity contribution is -0.124. The Morgan fingerprint density at radius 1 is 1.33 bits per heavy atom. The molecule has 8 radical (unpaired) electrons. The lowest BCUT2D eigenvalue weighted by Crippen LogP contribution is -2.55. The van der Waals surface area contributed by atoms with Gasteiger partial charge in [-0.1, -0.05) is 6.42 Å². The Hall–Kier alpha value is -0.110. The monoisotopic (exact) mass is 193 g/mol. The van der Waals surface area contributed by atoms with Crippen molar-refractivity contribution in [2.75, 3.05) is 13.6 Å². The maximum atomic E-state index is 11.9. The summed E-state index contributed by atoms with van der Waals surface area (Å²) in [5.41, 5.74) is 0. The molecule has 2 rings (SSSR count). The van der Waals surface area contributed by atoms with E-state index in [2.05, 4.69) is 0 Å². The van der Waals surface area contributed by atoms with Gasteiger partial charge in [-0.25, -0.2) is 0 Å². The summed E-state index contributed by atoms with van der Waals surface area (Å²) in [5.74, 6) is -0.220. The first-order chi connectivity index (χ1) is 6.77. The number of likely N-dealkylation sites (tertiary alicyclic amines) is 1. The molecule has 0 N–H and O–H groups in total. The first-order valence-electron chi connectivity index (χ1n) is 5.17. The first-order valence-corrected chi connectivity index (χ1v) is 5.17. The van der Waals surface area contributed by atoms with Crippen LogP contribution in [0.25, 0.3) is 0 Å². The Labute approximate surface area is 96.2 Å². The zero-order valence-corrected chi connectivity index (χ0v) is 8.94.